The van der Waals surface area contributed by atoms with Crippen molar-refractivity contribution < 1.29 is 23.8 Å². The summed E-state index contributed by atoms with van der Waals surface area (Å²) in [5.74, 6) is 0.0360. The minimum absolute atomic E-state index is 0.217. The van der Waals surface area contributed by atoms with E-state index in [-0.39, 0.29) is 24.5 Å². The number of thiophene rings is 1. The Morgan fingerprint density at radius 3 is 2.46 bits per heavy atom. The number of carbonyl (C=O) groups is 2. The third-order valence-corrected chi connectivity index (χ3v) is 4.08. The fraction of sp³-hybridized carbons (Fsp3) is 0.294. The summed E-state index contributed by atoms with van der Waals surface area (Å²) in [6.07, 6.45) is 0.230. The average molecular weight is 349 g/mol. The Bertz CT molecular complexity index is 712. The van der Waals surface area contributed by atoms with Crippen LogP contribution in [0.3, 0.4) is 0 Å². The molecule has 0 spiro atoms. The first-order valence-corrected chi connectivity index (χ1v) is 8.22. The van der Waals surface area contributed by atoms with E-state index in [0.717, 1.165) is 4.88 Å². The number of rotatable bonds is 7. The number of ether oxygens (including phenoxy) is 3. The van der Waals surface area contributed by atoms with Crippen LogP contribution in [0.4, 0.5) is 5.69 Å². The van der Waals surface area contributed by atoms with Crippen molar-refractivity contribution in [3.8, 4) is 11.5 Å². The Hall–Kier alpha value is -2.54. The number of carbonyl (C=O) groups excluding carboxylic acids is 2. The highest BCUT2D eigenvalue weighted by Crippen LogP contribution is 2.34. The van der Waals surface area contributed by atoms with E-state index >= 15 is 0 Å². The number of nitrogens with one attached hydrogen (secondary N) is 1. The van der Waals surface area contributed by atoms with Crippen LogP contribution < -0.4 is 14.8 Å². The van der Waals surface area contributed by atoms with E-state index in [4.69, 9.17) is 14.2 Å². The normalized spacial score (nSPS) is 10.1. The molecule has 1 aromatic carbocycles. The molecule has 2 aromatic rings. The molecule has 0 unspecified atom stereocenters. The van der Waals surface area contributed by atoms with E-state index in [0.29, 0.717) is 17.2 Å². The smallest absolute Gasteiger partial charge is 0.340 e. The molecule has 0 aliphatic heterocycles. The quantitative estimate of drug-likeness (QED) is 0.778. The van der Waals surface area contributed by atoms with Gasteiger partial charge in [0, 0.05) is 17.0 Å². The first kappa shape index (κ1) is 17.8. The van der Waals surface area contributed by atoms with Crippen molar-refractivity contribution in [2.75, 3.05) is 26.1 Å². The maximum absolute atomic E-state index is 12.2. The lowest BCUT2D eigenvalue weighted by molar-refractivity contribution is -0.115. The van der Waals surface area contributed by atoms with Crippen molar-refractivity contribution in [1.29, 1.82) is 0 Å². The Morgan fingerprint density at radius 2 is 1.88 bits per heavy atom. The largest absolute Gasteiger partial charge is 0.493 e. The highest BCUT2D eigenvalue weighted by Gasteiger charge is 2.19. The van der Waals surface area contributed by atoms with E-state index in [2.05, 4.69) is 5.32 Å². The highest BCUT2D eigenvalue weighted by molar-refractivity contribution is 7.10. The van der Waals surface area contributed by atoms with Gasteiger partial charge in [0.2, 0.25) is 5.91 Å². The molecule has 2 rings (SSSR count). The van der Waals surface area contributed by atoms with Crippen LogP contribution in [0.25, 0.3) is 0 Å². The summed E-state index contributed by atoms with van der Waals surface area (Å²) >= 11 is 1.50. The van der Waals surface area contributed by atoms with Crippen molar-refractivity contribution in [3.63, 3.8) is 0 Å². The molecule has 128 valence electrons. The van der Waals surface area contributed by atoms with E-state index in [9.17, 15) is 9.59 Å². The second-order valence-electron chi connectivity index (χ2n) is 4.78. The number of methoxy groups -OCH3 is 2. The number of hydrogen-bond donors (Lipinski definition) is 1. The Kier molecular flexibility index (Phi) is 6.20. The average Bonchev–Trinajstić information content (AvgIpc) is 3.07. The number of hydrogen-bond acceptors (Lipinski definition) is 6. The summed E-state index contributed by atoms with van der Waals surface area (Å²) in [7, 11) is 2.96. The van der Waals surface area contributed by atoms with Crippen molar-refractivity contribution in [3.05, 3.63) is 40.1 Å². The maximum atomic E-state index is 12.2. The van der Waals surface area contributed by atoms with Crippen LogP contribution in [0.1, 0.15) is 22.2 Å². The summed E-state index contributed by atoms with van der Waals surface area (Å²) < 4.78 is 15.5. The van der Waals surface area contributed by atoms with E-state index in [1.165, 1.54) is 31.6 Å². The molecule has 0 aliphatic carbocycles. The first-order valence-electron chi connectivity index (χ1n) is 7.34. The Labute approximate surface area is 144 Å². The highest BCUT2D eigenvalue weighted by atomic mass is 32.1. The molecule has 0 aliphatic rings. The third-order valence-electron chi connectivity index (χ3n) is 3.21. The van der Waals surface area contributed by atoms with Crippen LogP contribution in [0.5, 0.6) is 11.5 Å². The van der Waals surface area contributed by atoms with Crippen LogP contribution >= 0.6 is 11.3 Å². The zero-order chi connectivity index (χ0) is 17.5. The molecule has 1 N–H and O–H groups in total. The van der Waals surface area contributed by atoms with E-state index in [1.54, 1.807) is 13.0 Å². The van der Waals surface area contributed by atoms with Gasteiger partial charge < -0.3 is 19.5 Å². The summed E-state index contributed by atoms with van der Waals surface area (Å²) in [5, 5.41) is 4.65. The van der Waals surface area contributed by atoms with Gasteiger partial charge in [-0.25, -0.2) is 4.79 Å². The van der Waals surface area contributed by atoms with Gasteiger partial charge in [0.25, 0.3) is 0 Å². The van der Waals surface area contributed by atoms with Gasteiger partial charge in [0.15, 0.2) is 11.5 Å². The molecule has 1 heterocycles. The van der Waals surface area contributed by atoms with Crippen molar-refractivity contribution in [2.45, 2.75) is 13.3 Å². The third kappa shape index (κ3) is 4.26. The van der Waals surface area contributed by atoms with Gasteiger partial charge in [-0.15, -0.1) is 11.3 Å². The van der Waals surface area contributed by atoms with E-state index in [1.807, 2.05) is 17.5 Å². The fourth-order valence-corrected chi connectivity index (χ4v) is 2.83. The van der Waals surface area contributed by atoms with Crippen molar-refractivity contribution in [2.24, 2.45) is 0 Å². The molecule has 1 amide bonds. The lowest BCUT2D eigenvalue weighted by atomic mass is 10.1. The van der Waals surface area contributed by atoms with Crippen LogP contribution in [0.15, 0.2) is 29.6 Å². The Balaban J connectivity index is 2.31. The number of esters is 1. The predicted molar refractivity (Wildman–Crippen MR) is 92.2 cm³/mol. The van der Waals surface area contributed by atoms with Crippen LogP contribution in [-0.4, -0.2) is 32.7 Å². The molecular weight excluding hydrogens is 330 g/mol. The second kappa shape index (κ2) is 8.35. The number of amides is 1. The molecule has 0 radical (unpaired) electrons. The summed E-state index contributed by atoms with van der Waals surface area (Å²) in [5.41, 5.74) is 0.543. The summed E-state index contributed by atoms with van der Waals surface area (Å²) in [6, 6.07) is 6.81. The first-order chi connectivity index (χ1) is 11.6. The van der Waals surface area contributed by atoms with Gasteiger partial charge >= 0.3 is 5.97 Å². The predicted octanol–water partition coefficient (Wildman–Crippen LogP) is 3.12. The molecule has 24 heavy (non-hydrogen) atoms. The summed E-state index contributed by atoms with van der Waals surface area (Å²) in [6.45, 7) is 1.95. The minimum Gasteiger partial charge on any atom is -0.493 e. The van der Waals surface area contributed by atoms with Gasteiger partial charge in [-0.05, 0) is 18.4 Å². The molecular formula is C17H19NO5S. The van der Waals surface area contributed by atoms with Gasteiger partial charge in [0.1, 0.15) is 0 Å². The van der Waals surface area contributed by atoms with Crippen LogP contribution in [-0.2, 0) is 16.0 Å². The minimum atomic E-state index is -0.537. The molecule has 0 saturated heterocycles. The monoisotopic (exact) mass is 349 g/mol. The molecule has 1 aromatic heterocycles. The van der Waals surface area contributed by atoms with Crippen LogP contribution in [0, 0.1) is 0 Å². The topological polar surface area (TPSA) is 73.9 Å². The van der Waals surface area contributed by atoms with Crippen molar-refractivity contribution >= 4 is 28.9 Å². The van der Waals surface area contributed by atoms with Gasteiger partial charge in [-0.2, -0.15) is 0 Å². The molecule has 6 nitrogen and oxygen atoms in total. The molecule has 0 atom stereocenters. The fourth-order valence-electron chi connectivity index (χ4n) is 2.13. The summed E-state index contributed by atoms with van der Waals surface area (Å²) in [4.78, 5) is 25.3. The maximum Gasteiger partial charge on any atom is 0.340 e. The number of anilines is 1. The number of benzene rings is 1. The van der Waals surface area contributed by atoms with Gasteiger partial charge in [-0.1, -0.05) is 6.07 Å². The molecule has 7 heteroatoms. The van der Waals surface area contributed by atoms with Crippen LogP contribution in [0.2, 0.25) is 0 Å². The second-order valence-corrected chi connectivity index (χ2v) is 5.81. The SMILES string of the molecule is CCOC(=O)c1cc(OC)c(OC)cc1NC(=O)Cc1cccs1. The molecule has 0 saturated carbocycles. The zero-order valence-electron chi connectivity index (χ0n) is 13.8. The van der Waals surface area contributed by atoms with Gasteiger partial charge in [0.05, 0.1) is 38.5 Å². The van der Waals surface area contributed by atoms with Crippen molar-refractivity contribution in [1.82, 2.24) is 0 Å². The lowest BCUT2D eigenvalue weighted by Gasteiger charge is -2.15. The molecule has 0 fully saturated rings. The van der Waals surface area contributed by atoms with E-state index < -0.39 is 5.97 Å². The zero-order valence-corrected chi connectivity index (χ0v) is 14.6. The van der Waals surface area contributed by atoms with Gasteiger partial charge in [-0.3, -0.25) is 4.79 Å². The molecule has 0 bridgehead atoms. The Morgan fingerprint density at radius 1 is 1.17 bits per heavy atom. The lowest BCUT2D eigenvalue weighted by Crippen LogP contribution is -2.17. The standard InChI is InChI=1S/C17H19NO5S/c1-4-23-17(20)12-9-14(21-2)15(22-3)10-13(12)18-16(19)8-11-6-5-7-24-11/h5-7,9-10H,4,8H2,1-3H3,(H,18,19).